The molecule has 5 heterocycles. The number of aromatic nitrogens is 4. The van der Waals surface area contributed by atoms with Gasteiger partial charge in [0.1, 0.15) is 35.3 Å². The van der Waals surface area contributed by atoms with Crippen molar-refractivity contribution in [2.75, 3.05) is 34.2 Å². The zero-order valence-electron chi connectivity index (χ0n) is 52.4. The minimum atomic E-state index is -1.12. The van der Waals surface area contributed by atoms with Gasteiger partial charge in [0.05, 0.1) is 63.6 Å². The summed E-state index contributed by atoms with van der Waals surface area (Å²) in [7, 11) is 5.12. The third-order valence-electron chi connectivity index (χ3n) is 12.2. The number of benzene rings is 5. The van der Waals surface area contributed by atoms with E-state index in [4.69, 9.17) is 21.1 Å². The van der Waals surface area contributed by atoms with Gasteiger partial charge in [-0.3, -0.25) is 42.2 Å². The summed E-state index contributed by atoms with van der Waals surface area (Å²) < 4.78 is 90.3. The van der Waals surface area contributed by atoms with Crippen LogP contribution < -0.4 is 33.6 Å². The highest BCUT2D eigenvalue weighted by Gasteiger charge is 2.11. The van der Waals surface area contributed by atoms with Crippen molar-refractivity contribution in [1.29, 1.82) is 0 Å². The summed E-state index contributed by atoms with van der Waals surface area (Å²) in [5, 5.41) is 26.1. The molecule has 10 rings (SSSR count). The number of methoxy groups -OCH3 is 4. The van der Waals surface area contributed by atoms with E-state index in [0.717, 1.165) is 29.0 Å². The lowest BCUT2D eigenvalue weighted by Gasteiger charge is -2.07. The van der Waals surface area contributed by atoms with E-state index in [0.29, 0.717) is 45.8 Å². The lowest BCUT2D eigenvalue weighted by molar-refractivity contribution is -0.135. The van der Waals surface area contributed by atoms with Gasteiger partial charge in [0.15, 0.2) is 6.29 Å². The van der Waals surface area contributed by atoms with E-state index in [1.165, 1.54) is 243 Å². The number of carbonyl (C=O) groups is 6. The van der Waals surface area contributed by atoms with Gasteiger partial charge in [-0.25, -0.2) is 50.7 Å². The molecule has 0 aliphatic heterocycles. The Morgan fingerprint density at radius 1 is 0.455 bits per heavy atom. The topological polar surface area (TPSA) is 344 Å². The number of pyridine rings is 4. The van der Waals surface area contributed by atoms with Gasteiger partial charge in [-0.05, 0) is 163 Å². The fraction of sp³-hybridized carbons (Fsp3) is 0.0714. The highest BCUT2D eigenvalue weighted by molar-refractivity contribution is 5.93. The molecule has 5 aromatic heterocycles. The largest absolute Gasteiger partial charge is 0.503 e. The van der Waals surface area contributed by atoms with Crippen LogP contribution in [-0.4, -0.2) is 98.2 Å². The Bertz CT molecular complexity index is 4700. The van der Waals surface area contributed by atoms with Crippen LogP contribution in [0.3, 0.4) is 0 Å². The van der Waals surface area contributed by atoms with Crippen molar-refractivity contribution in [3.63, 3.8) is 0 Å². The standard InChI is InChI=1S/C13H10FNO3.C12H8FNO3.C12H10FNO2.C12H8FNO2.C9H12O5.C6H6FN.C6H4O4/c1-18-13(17)9-2-7-12(16)15(8-9)11-5-3-10(14)4-6-11;13-9-2-4-10(5-3-9)14-7-8(12(16)17)1-6-11(14)15;2*13-10-2-4-11(5-3-10)14-7-9(8-15)1-6-12(14)16;1-12-6-7(9(11)14-3)4-5-8(10)13-2;7-5-1-3-6(8)4-2-5;7-5-2-1-4(3-10-5)6(8)9/h2-8H,1H3;1-7H,(H,16,17);1-7,15H,8H2;1-8H;4-6H,1-3H3;1-4H,8H2;1-3H,(H,8,9)/b;;;;5-4?,7-6-;;. The second kappa shape index (κ2) is 40.0. The summed E-state index contributed by atoms with van der Waals surface area (Å²) in [6.07, 6.45) is 10.6. The number of anilines is 1. The van der Waals surface area contributed by atoms with E-state index in [-0.39, 0.29) is 68.6 Å². The number of carbonyl (C=O) groups excluding carboxylic acids is 4. The molecule has 24 nitrogen and oxygen atoms in total. The number of aldehydes is 1. The van der Waals surface area contributed by atoms with E-state index < -0.39 is 47.1 Å². The molecule has 0 spiro atoms. The Hall–Kier alpha value is -13.4. The van der Waals surface area contributed by atoms with Crippen LogP contribution in [0.15, 0.2) is 265 Å². The number of aliphatic hydroxyl groups is 1. The van der Waals surface area contributed by atoms with Gasteiger partial charge in [0, 0.05) is 95.2 Å². The lowest BCUT2D eigenvalue weighted by atomic mass is 10.2. The highest BCUT2D eigenvalue weighted by atomic mass is 19.1. The number of esters is 3. The summed E-state index contributed by atoms with van der Waals surface area (Å²) in [6.45, 7) is -0.137. The number of halogens is 5. The predicted molar refractivity (Wildman–Crippen MR) is 349 cm³/mol. The van der Waals surface area contributed by atoms with Crippen LogP contribution in [-0.2, 0) is 35.1 Å². The number of aliphatic hydroxyl groups excluding tert-OH is 1. The first-order valence-corrected chi connectivity index (χ1v) is 28.0. The lowest BCUT2D eigenvalue weighted by Crippen LogP contribution is -2.18. The number of aromatic carboxylic acids is 2. The number of nitrogens with zero attached hydrogens (tertiary/aromatic N) is 4. The van der Waals surface area contributed by atoms with E-state index in [1.54, 1.807) is 6.07 Å². The summed E-state index contributed by atoms with van der Waals surface area (Å²) in [6, 6.07) is 40.3. The van der Waals surface area contributed by atoms with Crippen LogP contribution in [0.2, 0.25) is 0 Å². The van der Waals surface area contributed by atoms with Crippen molar-refractivity contribution < 1.29 is 89.4 Å². The van der Waals surface area contributed by atoms with Gasteiger partial charge in [-0.2, -0.15) is 0 Å². The van der Waals surface area contributed by atoms with Crippen LogP contribution in [0.4, 0.5) is 27.6 Å². The molecule has 0 bridgehead atoms. The molecule has 29 heteroatoms. The first-order valence-electron chi connectivity index (χ1n) is 28.0. The fourth-order valence-electron chi connectivity index (χ4n) is 7.32. The normalized spacial score (nSPS) is 10.1. The quantitative estimate of drug-likeness (QED) is 0.0122. The Morgan fingerprint density at radius 3 is 1.20 bits per heavy atom. The Labute approximate surface area is 556 Å². The monoisotopic (exact) mass is 1370 g/mol. The Morgan fingerprint density at radius 2 is 0.838 bits per heavy atom. The van der Waals surface area contributed by atoms with Crippen molar-refractivity contribution in [1.82, 2.24) is 18.3 Å². The zero-order valence-corrected chi connectivity index (χ0v) is 52.4. The molecule has 0 radical (unpaired) electrons. The van der Waals surface area contributed by atoms with Gasteiger partial charge < -0.3 is 44.4 Å². The number of hydrogen-bond acceptors (Lipinski definition) is 18. The molecule has 0 saturated carbocycles. The summed E-state index contributed by atoms with van der Waals surface area (Å²) in [5.74, 6) is -5.71. The maximum Gasteiger partial charge on any atom is 0.340 e. The van der Waals surface area contributed by atoms with Gasteiger partial charge in [-0.15, -0.1) is 0 Å². The first kappa shape index (κ1) is 78.0. The second-order valence-electron chi connectivity index (χ2n) is 19.0. The van der Waals surface area contributed by atoms with Crippen LogP contribution in [0.1, 0.15) is 47.0 Å². The molecule has 0 aliphatic rings. The molecular weight excluding hydrogens is 1310 g/mol. The zero-order chi connectivity index (χ0) is 73.1. The molecule has 0 unspecified atom stereocenters. The molecule has 5 N–H and O–H groups in total. The third-order valence-corrected chi connectivity index (χ3v) is 12.2. The molecule has 512 valence electrons. The molecule has 0 saturated heterocycles. The highest BCUT2D eigenvalue weighted by Crippen LogP contribution is 2.13. The number of hydrogen-bond donors (Lipinski definition) is 4. The maximum atomic E-state index is 12.8. The average molecular weight is 1370 g/mol. The fourth-order valence-corrected chi connectivity index (χ4v) is 7.32. The van der Waals surface area contributed by atoms with Crippen LogP contribution in [0.25, 0.3) is 22.7 Å². The van der Waals surface area contributed by atoms with Crippen LogP contribution >= 0.6 is 0 Å². The van der Waals surface area contributed by atoms with E-state index >= 15 is 0 Å². The van der Waals surface area contributed by atoms with Crippen molar-refractivity contribution >= 4 is 41.8 Å². The maximum absolute atomic E-state index is 12.8. The van der Waals surface area contributed by atoms with E-state index in [2.05, 4.69) is 23.4 Å². The number of ether oxygens (including phenoxy) is 4. The molecule has 5 aromatic carbocycles. The second-order valence-corrected chi connectivity index (χ2v) is 19.0. The van der Waals surface area contributed by atoms with Crippen molar-refractivity contribution in [2.24, 2.45) is 0 Å². The van der Waals surface area contributed by atoms with E-state index in [9.17, 15) is 74.7 Å². The minimum absolute atomic E-state index is 0.00562. The van der Waals surface area contributed by atoms with E-state index in [1.807, 2.05) is 0 Å². The Kier molecular flexibility index (Phi) is 31.5. The number of carboxylic acid groups (broad SMARTS) is 2. The van der Waals surface area contributed by atoms with Crippen molar-refractivity contribution in [3.05, 3.63) is 346 Å². The third kappa shape index (κ3) is 26.1. The van der Waals surface area contributed by atoms with Crippen LogP contribution in [0, 0.1) is 29.1 Å². The number of rotatable bonds is 13. The summed E-state index contributed by atoms with van der Waals surface area (Å²) >= 11 is 0. The molecule has 0 aliphatic carbocycles. The van der Waals surface area contributed by atoms with Crippen molar-refractivity contribution in [3.8, 4) is 22.7 Å². The van der Waals surface area contributed by atoms with Gasteiger partial charge in [0.25, 0.3) is 22.2 Å². The minimum Gasteiger partial charge on any atom is -0.503 e. The Balaban J connectivity index is 0.000000248. The molecule has 0 atom stereocenters. The van der Waals surface area contributed by atoms with Crippen molar-refractivity contribution in [2.45, 2.75) is 6.61 Å². The molecule has 0 fully saturated rings. The SMILES string of the molecule is CO/C=C(/C=CC(=O)OC)C(=O)OC.COC(=O)c1ccc(=O)n(-c2ccc(F)cc2)c1.Nc1ccc(F)cc1.O=C(O)c1ccc(=O)n(-c2ccc(F)cc2)c1.O=C(O)c1ccc(=O)oc1.O=Cc1ccc(=O)n(-c2ccc(F)cc2)c1.O=c1ccc(CO)cn1-c1ccc(F)cc1. The molecule has 10 aromatic rings. The first-order chi connectivity index (χ1) is 47.2. The molecular formula is C70H58F5N5O19. The summed E-state index contributed by atoms with van der Waals surface area (Å²) in [5.41, 5.74) is 7.48. The summed E-state index contributed by atoms with van der Waals surface area (Å²) in [4.78, 5) is 121. The molecule has 99 heavy (non-hydrogen) atoms. The number of nitrogens with two attached hydrogens (primary N) is 1. The number of carboxylic acids is 2. The van der Waals surface area contributed by atoms with Gasteiger partial charge in [0.2, 0.25) is 0 Å². The predicted octanol–water partition coefficient (Wildman–Crippen LogP) is 8.86. The van der Waals surface area contributed by atoms with Gasteiger partial charge >= 0.3 is 35.5 Å². The smallest absolute Gasteiger partial charge is 0.340 e. The number of nitrogen functional groups attached to an aromatic ring is 1. The molecule has 0 amide bonds. The van der Waals surface area contributed by atoms with Gasteiger partial charge in [-0.1, -0.05) is 0 Å². The van der Waals surface area contributed by atoms with Crippen LogP contribution in [0.5, 0.6) is 0 Å². The average Bonchev–Trinajstić information content (AvgIpc) is 0.854.